The minimum atomic E-state index is 0.461. The van der Waals surface area contributed by atoms with Gasteiger partial charge in [-0.25, -0.2) is 0 Å². The Labute approximate surface area is 97.3 Å². The summed E-state index contributed by atoms with van der Waals surface area (Å²) >= 11 is 0.461. The van der Waals surface area contributed by atoms with Crippen molar-refractivity contribution in [2.24, 2.45) is 0 Å². The summed E-state index contributed by atoms with van der Waals surface area (Å²) in [7, 11) is 0. The summed E-state index contributed by atoms with van der Waals surface area (Å²) in [6.07, 6.45) is 0. The molecule has 0 saturated carbocycles. The topological polar surface area (TPSA) is 52.3 Å². The summed E-state index contributed by atoms with van der Waals surface area (Å²) < 4.78 is 16.1. The van der Waals surface area contributed by atoms with Crippen molar-refractivity contribution in [3.05, 3.63) is 48.5 Å². The first-order valence-electron chi connectivity index (χ1n) is 4.71. The second kappa shape index (κ2) is 4.72. The summed E-state index contributed by atoms with van der Waals surface area (Å²) in [5.74, 6) is 1.37. The summed E-state index contributed by atoms with van der Waals surface area (Å²) in [6.45, 7) is 0. The highest BCUT2D eigenvalue weighted by atomic mass is 32.1. The number of anilines is 1. The van der Waals surface area contributed by atoms with Crippen molar-refractivity contribution in [2.75, 3.05) is 5.73 Å². The van der Waals surface area contributed by atoms with Gasteiger partial charge in [0.2, 0.25) is 0 Å². The maximum Gasteiger partial charge on any atom is 0.505 e. The van der Waals surface area contributed by atoms with Crippen LogP contribution in [0.5, 0.6) is 11.5 Å². The molecule has 0 aliphatic carbocycles. The molecule has 0 radical (unpaired) electrons. The first kappa shape index (κ1) is 10.6. The van der Waals surface area contributed by atoms with E-state index in [0.29, 0.717) is 33.7 Å². The molecule has 0 atom stereocenters. The van der Waals surface area contributed by atoms with E-state index < -0.39 is 0 Å². The highest BCUT2D eigenvalue weighted by molar-refractivity contribution is 7.65. The summed E-state index contributed by atoms with van der Waals surface area (Å²) in [6, 6.07) is 14.1. The van der Waals surface area contributed by atoms with E-state index in [9.17, 15) is 4.21 Å². The molecule has 0 saturated heterocycles. The van der Waals surface area contributed by atoms with Crippen LogP contribution in [0.1, 0.15) is 0 Å². The lowest BCUT2D eigenvalue weighted by molar-refractivity contribution is 0.482. The van der Waals surface area contributed by atoms with E-state index in [-0.39, 0.29) is 0 Å². The number of ether oxygens (including phenoxy) is 1. The molecule has 16 heavy (non-hydrogen) atoms. The van der Waals surface area contributed by atoms with E-state index >= 15 is 0 Å². The van der Waals surface area contributed by atoms with Gasteiger partial charge in [0.1, 0.15) is 11.5 Å². The maximum atomic E-state index is 10.5. The van der Waals surface area contributed by atoms with Crippen LogP contribution in [0.2, 0.25) is 0 Å². The Balaban J connectivity index is 2.17. The van der Waals surface area contributed by atoms with Gasteiger partial charge in [0.15, 0.2) is 0 Å². The third-order valence-corrected chi connectivity index (χ3v) is 2.48. The van der Waals surface area contributed by atoms with E-state index in [1.54, 1.807) is 36.4 Å². The van der Waals surface area contributed by atoms with Crippen molar-refractivity contribution in [3.8, 4) is 11.5 Å². The van der Waals surface area contributed by atoms with Gasteiger partial charge in [0.05, 0.1) is 0 Å². The zero-order chi connectivity index (χ0) is 11.4. The Morgan fingerprint density at radius 2 is 1.75 bits per heavy atom. The molecule has 0 fully saturated rings. The Morgan fingerprint density at radius 1 is 1.00 bits per heavy atom. The van der Waals surface area contributed by atoms with Crippen molar-refractivity contribution in [1.29, 1.82) is 0 Å². The van der Waals surface area contributed by atoms with Gasteiger partial charge in [-0.1, -0.05) is 6.07 Å². The lowest BCUT2D eigenvalue weighted by Gasteiger charge is -2.04. The molecule has 0 aliphatic heterocycles. The Morgan fingerprint density at radius 3 is 2.38 bits per heavy atom. The second-order valence-electron chi connectivity index (χ2n) is 3.23. The smallest absolute Gasteiger partial charge is 0.457 e. The molecule has 0 spiro atoms. The molecular formula is C12H10NO2S+. The zero-order valence-electron chi connectivity index (χ0n) is 8.42. The molecule has 2 aromatic rings. The van der Waals surface area contributed by atoms with Crippen molar-refractivity contribution >= 4 is 17.4 Å². The van der Waals surface area contributed by atoms with Gasteiger partial charge in [-0.15, -0.1) is 0 Å². The SMILES string of the molecule is Nc1cccc(Oc2ccc([S+]=O)cc2)c1. The molecule has 80 valence electrons. The average molecular weight is 232 g/mol. The molecule has 2 N–H and O–H groups in total. The highest BCUT2D eigenvalue weighted by Gasteiger charge is 2.05. The summed E-state index contributed by atoms with van der Waals surface area (Å²) in [4.78, 5) is 0.667. The van der Waals surface area contributed by atoms with Crippen molar-refractivity contribution in [3.63, 3.8) is 0 Å². The number of hydrogen-bond acceptors (Lipinski definition) is 3. The van der Waals surface area contributed by atoms with Gasteiger partial charge in [-0.05, 0) is 24.3 Å². The molecule has 4 heteroatoms. The maximum absolute atomic E-state index is 10.5. The zero-order valence-corrected chi connectivity index (χ0v) is 9.24. The van der Waals surface area contributed by atoms with Gasteiger partial charge in [0.25, 0.3) is 4.90 Å². The Kier molecular flexibility index (Phi) is 3.12. The number of hydrogen-bond donors (Lipinski definition) is 1. The quantitative estimate of drug-likeness (QED) is 0.654. The molecule has 0 heterocycles. The third kappa shape index (κ3) is 2.55. The molecule has 0 amide bonds. The molecule has 0 aromatic heterocycles. The van der Waals surface area contributed by atoms with E-state index in [4.69, 9.17) is 10.5 Å². The predicted octanol–water partition coefficient (Wildman–Crippen LogP) is 2.85. The summed E-state index contributed by atoms with van der Waals surface area (Å²) in [5, 5.41) is 0. The van der Waals surface area contributed by atoms with Crippen LogP contribution >= 0.6 is 0 Å². The van der Waals surface area contributed by atoms with Crippen LogP contribution in [0.3, 0.4) is 0 Å². The van der Waals surface area contributed by atoms with E-state index in [2.05, 4.69) is 0 Å². The third-order valence-electron chi connectivity index (χ3n) is 2.01. The molecule has 0 unspecified atom stereocenters. The Hall–Kier alpha value is -1.94. The van der Waals surface area contributed by atoms with Gasteiger partial charge in [-0.3, -0.25) is 0 Å². The molecular weight excluding hydrogens is 222 g/mol. The van der Waals surface area contributed by atoms with Crippen LogP contribution in [-0.4, -0.2) is 0 Å². The highest BCUT2D eigenvalue weighted by Crippen LogP contribution is 2.23. The molecule has 0 aliphatic rings. The van der Waals surface area contributed by atoms with Gasteiger partial charge < -0.3 is 10.5 Å². The molecule has 2 aromatic carbocycles. The number of benzene rings is 2. The van der Waals surface area contributed by atoms with Gasteiger partial charge in [0, 0.05) is 28.1 Å². The van der Waals surface area contributed by atoms with Crippen molar-refractivity contribution < 1.29 is 8.95 Å². The lowest BCUT2D eigenvalue weighted by Crippen LogP contribution is -1.87. The van der Waals surface area contributed by atoms with Crippen molar-refractivity contribution in [2.45, 2.75) is 4.90 Å². The fourth-order valence-electron chi connectivity index (χ4n) is 1.28. The van der Waals surface area contributed by atoms with Crippen LogP contribution in [0, 0.1) is 0 Å². The molecule has 0 bridgehead atoms. The Bertz CT molecular complexity index is 497. The van der Waals surface area contributed by atoms with Crippen LogP contribution in [0.15, 0.2) is 53.4 Å². The number of nitrogen functional groups attached to an aromatic ring is 1. The minimum Gasteiger partial charge on any atom is -0.457 e. The number of nitrogens with two attached hydrogens (primary N) is 1. The first-order valence-corrected chi connectivity index (χ1v) is 5.45. The fraction of sp³-hybridized carbons (Fsp3) is 0. The standard InChI is InChI=1S/C12H10NO2S/c13-9-2-1-3-11(8-9)15-10-4-6-12(16-14)7-5-10/h1-8H,13H2/q+1. The van der Waals surface area contributed by atoms with Crippen LogP contribution < -0.4 is 10.5 Å². The lowest BCUT2D eigenvalue weighted by atomic mass is 10.3. The normalized spacial score (nSPS) is 9.75. The van der Waals surface area contributed by atoms with Crippen molar-refractivity contribution in [1.82, 2.24) is 0 Å². The minimum absolute atomic E-state index is 0.461. The monoisotopic (exact) mass is 232 g/mol. The number of rotatable bonds is 3. The largest absolute Gasteiger partial charge is 0.505 e. The van der Waals surface area contributed by atoms with Gasteiger partial charge in [-0.2, -0.15) is 0 Å². The van der Waals surface area contributed by atoms with Crippen LogP contribution in [-0.2, 0) is 15.9 Å². The molecule has 3 nitrogen and oxygen atoms in total. The molecule has 2 rings (SSSR count). The first-order chi connectivity index (χ1) is 7.78. The van der Waals surface area contributed by atoms with E-state index in [1.165, 1.54) is 0 Å². The van der Waals surface area contributed by atoms with E-state index in [0.717, 1.165) is 0 Å². The van der Waals surface area contributed by atoms with Crippen LogP contribution in [0.4, 0.5) is 5.69 Å². The van der Waals surface area contributed by atoms with Crippen LogP contribution in [0.25, 0.3) is 0 Å². The van der Waals surface area contributed by atoms with Gasteiger partial charge >= 0.3 is 11.7 Å². The second-order valence-corrected chi connectivity index (χ2v) is 3.87. The van der Waals surface area contributed by atoms with E-state index in [1.807, 2.05) is 12.1 Å². The predicted molar refractivity (Wildman–Crippen MR) is 63.7 cm³/mol. The summed E-state index contributed by atoms with van der Waals surface area (Å²) in [5.41, 5.74) is 6.29. The fourth-order valence-corrected chi connectivity index (χ4v) is 1.52. The average Bonchev–Trinajstić information content (AvgIpc) is 2.30.